The van der Waals surface area contributed by atoms with Crippen LogP contribution in [0.5, 0.6) is 0 Å². The van der Waals surface area contributed by atoms with Gasteiger partial charge in [0.15, 0.2) is 0 Å². The van der Waals surface area contributed by atoms with Crippen molar-refractivity contribution in [3.63, 3.8) is 0 Å². The van der Waals surface area contributed by atoms with Crippen LogP contribution >= 0.6 is 0 Å². The largest absolute Gasteiger partial charge is 0.505 e. The fraction of sp³-hybridized carbons (Fsp3) is 0.500. The minimum absolute atomic E-state index is 0.0787. The molecule has 0 spiro atoms. The van der Waals surface area contributed by atoms with Crippen molar-refractivity contribution in [1.29, 1.82) is 0 Å². The Balaban J connectivity index is 2.82. The van der Waals surface area contributed by atoms with Gasteiger partial charge in [-0.3, -0.25) is 0 Å². The third-order valence-electron chi connectivity index (χ3n) is 0.343. The highest BCUT2D eigenvalue weighted by atomic mass is 16.7. The molecule has 2 radical (unpaired) electrons. The van der Waals surface area contributed by atoms with E-state index in [4.69, 9.17) is 12.0 Å². The van der Waals surface area contributed by atoms with Gasteiger partial charge in [-0.15, -0.1) is 0 Å². The fourth-order valence-electron chi connectivity index (χ4n) is 0.146. The van der Waals surface area contributed by atoms with Gasteiger partial charge in [-0.25, -0.2) is 4.79 Å². The van der Waals surface area contributed by atoms with Crippen LogP contribution in [-0.4, -0.2) is 17.9 Å². The molecule has 3 heteroatoms. The molecule has 40 valence electrons. The van der Waals surface area contributed by atoms with E-state index < -0.39 is 6.16 Å². The number of hydrogen-bond donors (Lipinski definition) is 1. The molecule has 0 aliphatic heterocycles. The first-order valence-corrected chi connectivity index (χ1v) is 1.83. The first kappa shape index (κ1) is 6.27. The van der Waals surface area contributed by atoms with Crippen molar-refractivity contribution in [2.75, 3.05) is 6.61 Å². The third-order valence-corrected chi connectivity index (χ3v) is 0.343. The zero-order valence-corrected chi connectivity index (χ0v) is 3.76. The van der Waals surface area contributed by atoms with Crippen molar-refractivity contribution >= 4 is 6.16 Å². The van der Waals surface area contributed by atoms with E-state index in [-0.39, 0.29) is 13.0 Å². The molecule has 1 N–H and O–H groups in total. The van der Waals surface area contributed by atoms with Crippen LogP contribution in [0.3, 0.4) is 0 Å². The number of rotatable bonds is 2. The molecule has 0 aromatic carbocycles. The Morgan fingerprint density at radius 1 is 1.86 bits per heavy atom. The quantitative estimate of drug-likeness (QED) is 0.524. The average molecular weight is 102 g/mol. The third kappa shape index (κ3) is 5.27. The maximum Gasteiger partial charge on any atom is 0.505 e. The first-order chi connectivity index (χ1) is 3.27. The maximum atomic E-state index is 9.48. The van der Waals surface area contributed by atoms with Crippen molar-refractivity contribution in [1.82, 2.24) is 0 Å². The van der Waals surface area contributed by atoms with Crippen LogP contribution in [0.25, 0.3) is 0 Å². The van der Waals surface area contributed by atoms with Crippen LogP contribution in [0.2, 0.25) is 0 Å². The standard InChI is InChI=1S/C4H6O3/c1-2-3-7-4(5)6/h1H,2-3H2,(H,5,6). The highest BCUT2D eigenvalue weighted by Crippen LogP contribution is 1.78. The molecule has 0 unspecified atom stereocenters. The Labute approximate surface area is 41.9 Å². The molecule has 0 saturated carbocycles. The minimum atomic E-state index is -1.27. The van der Waals surface area contributed by atoms with Gasteiger partial charge in [0.1, 0.15) is 0 Å². The molecule has 3 nitrogen and oxygen atoms in total. The van der Waals surface area contributed by atoms with Gasteiger partial charge in [0, 0.05) is 0 Å². The van der Waals surface area contributed by atoms with E-state index in [1.54, 1.807) is 0 Å². The van der Waals surface area contributed by atoms with Crippen LogP contribution in [0.4, 0.5) is 4.79 Å². The fourth-order valence-corrected chi connectivity index (χ4v) is 0.146. The summed E-state index contributed by atoms with van der Waals surface area (Å²) in [6, 6.07) is 0. The van der Waals surface area contributed by atoms with Crippen LogP contribution in [0.1, 0.15) is 6.42 Å². The van der Waals surface area contributed by atoms with Crippen molar-refractivity contribution in [3.05, 3.63) is 6.92 Å². The molecule has 0 aromatic rings. The molecular formula is C4H6O3. The summed E-state index contributed by atoms with van der Waals surface area (Å²) in [6.07, 6.45) is -1.03. The second-order valence-corrected chi connectivity index (χ2v) is 0.903. The lowest BCUT2D eigenvalue weighted by Crippen LogP contribution is -1.99. The van der Waals surface area contributed by atoms with Crippen LogP contribution in [0.15, 0.2) is 0 Å². The Morgan fingerprint density at radius 2 is 2.43 bits per heavy atom. The topological polar surface area (TPSA) is 46.5 Å². The molecular weight excluding hydrogens is 96.0 g/mol. The number of ether oxygens (including phenoxy) is 1. The van der Waals surface area contributed by atoms with Crippen molar-refractivity contribution in [3.8, 4) is 0 Å². The lowest BCUT2D eigenvalue weighted by molar-refractivity contribution is 0.0931. The highest BCUT2D eigenvalue weighted by molar-refractivity contribution is 5.56. The van der Waals surface area contributed by atoms with E-state index in [9.17, 15) is 4.79 Å². The molecule has 0 atom stereocenters. The van der Waals surface area contributed by atoms with E-state index >= 15 is 0 Å². The molecule has 0 rings (SSSR count). The molecule has 0 aromatic heterocycles. The molecule has 0 aliphatic rings. The summed E-state index contributed by atoms with van der Waals surface area (Å²) in [5.74, 6) is 0. The van der Waals surface area contributed by atoms with Crippen molar-refractivity contribution < 1.29 is 14.6 Å². The van der Waals surface area contributed by atoms with Gasteiger partial charge in [0.2, 0.25) is 0 Å². The lowest BCUT2D eigenvalue weighted by atomic mass is 10.5. The Bertz CT molecular complexity index is 60.0. The number of carboxylic acid groups (broad SMARTS) is 1. The van der Waals surface area contributed by atoms with E-state index in [1.807, 2.05) is 0 Å². The Kier molecular flexibility index (Phi) is 3.10. The van der Waals surface area contributed by atoms with Crippen LogP contribution in [-0.2, 0) is 4.74 Å². The van der Waals surface area contributed by atoms with Gasteiger partial charge < -0.3 is 9.84 Å². The predicted octanol–water partition coefficient (Wildman–Crippen LogP) is 0.782. The van der Waals surface area contributed by atoms with Gasteiger partial charge in [-0.1, -0.05) is 0 Å². The van der Waals surface area contributed by atoms with Crippen molar-refractivity contribution in [2.24, 2.45) is 0 Å². The van der Waals surface area contributed by atoms with E-state index in [2.05, 4.69) is 4.74 Å². The van der Waals surface area contributed by atoms with E-state index in [1.165, 1.54) is 0 Å². The monoisotopic (exact) mass is 102 g/mol. The summed E-state index contributed by atoms with van der Waals surface area (Å²) in [4.78, 5) is 9.48. The highest BCUT2D eigenvalue weighted by Gasteiger charge is 1.89. The van der Waals surface area contributed by atoms with Crippen LogP contribution < -0.4 is 0 Å². The number of hydrogen-bond acceptors (Lipinski definition) is 2. The van der Waals surface area contributed by atoms with E-state index in [0.29, 0.717) is 0 Å². The molecule has 0 saturated heterocycles. The lowest BCUT2D eigenvalue weighted by Gasteiger charge is -1.91. The summed E-state index contributed by atoms with van der Waals surface area (Å²) in [5.41, 5.74) is 0. The Morgan fingerprint density at radius 3 is 2.57 bits per heavy atom. The number of carbonyl (C=O) groups is 1. The van der Waals surface area contributed by atoms with Gasteiger partial charge in [0.05, 0.1) is 6.61 Å². The molecule has 7 heavy (non-hydrogen) atoms. The summed E-state index contributed by atoms with van der Waals surface area (Å²) >= 11 is 0. The smallest absolute Gasteiger partial charge is 0.450 e. The van der Waals surface area contributed by atoms with E-state index in [0.717, 1.165) is 0 Å². The zero-order chi connectivity index (χ0) is 5.70. The minimum Gasteiger partial charge on any atom is -0.450 e. The van der Waals surface area contributed by atoms with Crippen molar-refractivity contribution in [2.45, 2.75) is 6.42 Å². The first-order valence-electron chi connectivity index (χ1n) is 1.83. The summed E-state index contributed by atoms with van der Waals surface area (Å²) < 4.78 is 3.98. The summed E-state index contributed by atoms with van der Waals surface area (Å²) in [5, 5.41) is 7.77. The van der Waals surface area contributed by atoms with Gasteiger partial charge in [0.25, 0.3) is 0 Å². The normalized spacial score (nSPS) is 8.14. The summed E-state index contributed by atoms with van der Waals surface area (Å²) in [6.45, 7) is 4.97. The molecule has 0 fully saturated rings. The average Bonchev–Trinajstić information content (AvgIpc) is 1.61. The molecule has 0 bridgehead atoms. The molecule has 0 amide bonds. The Hall–Kier alpha value is -0.730. The summed E-state index contributed by atoms with van der Waals surface area (Å²) in [7, 11) is 0. The zero-order valence-electron chi connectivity index (χ0n) is 3.76. The molecule has 0 aliphatic carbocycles. The van der Waals surface area contributed by atoms with Gasteiger partial charge in [-0.05, 0) is 13.3 Å². The SMILES string of the molecule is [CH]CCOC(=O)O. The molecule has 0 heterocycles. The maximum absolute atomic E-state index is 9.48. The predicted molar refractivity (Wildman–Crippen MR) is 22.9 cm³/mol. The second-order valence-electron chi connectivity index (χ2n) is 0.903. The van der Waals surface area contributed by atoms with Gasteiger partial charge >= 0.3 is 6.16 Å². The van der Waals surface area contributed by atoms with Gasteiger partial charge in [-0.2, -0.15) is 0 Å². The second kappa shape index (κ2) is 3.46. The van der Waals surface area contributed by atoms with Crippen LogP contribution in [0, 0.1) is 6.92 Å².